The molecule has 7 heteroatoms. The fraction of sp³-hybridized carbons (Fsp3) is 0.450. The second-order valence-electron chi connectivity index (χ2n) is 6.48. The van der Waals surface area contributed by atoms with E-state index in [1.807, 2.05) is 0 Å². The molecular formula is C20H21ClFN3O2. The molecule has 2 unspecified atom stereocenters. The van der Waals surface area contributed by atoms with Crippen LogP contribution in [-0.4, -0.2) is 29.5 Å². The third-order valence-electron chi connectivity index (χ3n) is 4.47. The lowest BCUT2D eigenvalue weighted by Gasteiger charge is -2.22. The number of nitriles is 1. The van der Waals surface area contributed by atoms with Crippen LogP contribution in [0.15, 0.2) is 30.6 Å². The highest BCUT2D eigenvalue weighted by Crippen LogP contribution is 2.21. The summed E-state index contributed by atoms with van der Waals surface area (Å²) in [6.45, 7) is 1.14. The molecule has 0 amide bonds. The predicted octanol–water partition coefficient (Wildman–Crippen LogP) is 4.40. The van der Waals surface area contributed by atoms with Gasteiger partial charge in [-0.05, 0) is 42.9 Å². The molecule has 27 heavy (non-hydrogen) atoms. The molecule has 2 heterocycles. The van der Waals surface area contributed by atoms with E-state index in [0.29, 0.717) is 30.8 Å². The van der Waals surface area contributed by atoms with E-state index in [1.54, 1.807) is 24.5 Å². The summed E-state index contributed by atoms with van der Waals surface area (Å²) in [5, 5.41) is 9.50. The Morgan fingerprint density at radius 2 is 2.15 bits per heavy atom. The molecule has 1 fully saturated rings. The molecule has 1 saturated heterocycles. The first-order chi connectivity index (χ1) is 13.2. The van der Waals surface area contributed by atoms with Gasteiger partial charge in [0.2, 0.25) is 0 Å². The Morgan fingerprint density at radius 1 is 1.33 bits per heavy atom. The predicted molar refractivity (Wildman–Crippen MR) is 98.8 cm³/mol. The fourth-order valence-corrected chi connectivity index (χ4v) is 3.15. The molecule has 1 aromatic heterocycles. The highest BCUT2D eigenvalue weighted by molar-refractivity contribution is 6.30. The van der Waals surface area contributed by atoms with Crippen molar-refractivity contribution in [1.82, 2.24) is 9.97 Å². The molecule has 1 aliphatic rings. The zero-order valence-electron chi connectivity index (χ0n) is 14.9. The summed E-state index contributed by atoms with van der Waals surface area (Å²) in [4.78, 5) is 8.58. The number of ether oxygens (including phenoxy) is 2. The smallest absolute Gasteiger partial charge is 0.157 e. The second-order valence-corrected chi connectivity index (χ2v) is 6.88. The third kappa shape index (κ3) is 5.46. The number of rotatable bonds is 7. The van der Waals surface area contributed by atoms with Crippen LogP contribution in [0.4, 0.5) is 4.39 Å². The largest absolute Gasteiger partial charge is 0.353 e. The Hall–Kier alpha value is -2.07. The highest BCUT2D eigenvalue weighted by Gasteiger charge is 2.18. The molecule has 1 aliphatic heterocycles. The van der Waals surface area contributed by atoms with E-state index in [9.17, 15) is 9.65 Å². The molecule has 2 aromatic rings. The van der Waals surface area contributed by atoms with Crippen LogP contribution in [0.25, 0.3) is 0 Å². The van der Waals surface area contributed by atoms with Crippen LogP contribution in [0.2, 0.25) is 5.02 Å². The van der Waals surface area contributed by atoms with Gasteiger partial charge in [-0.15, -0.1) is 0 Å². The van der Waals surface area contributed by atoms with Crippen LogP contribution in [0.5, 0.6) is 0 Å². The van der Waals surface area contributed by atoms with Crippen LogP contribution in [0.3, 0.4) is 0 Å². The molecule has 2 atom stereocenters. The van der Waals surface area contributed by atoms with E-state index in [4.69, 9.17) is 21.1 Å². The number of hydrogen-bond donors (Lipinski definition) is 0. The van der Waals surface area contributed by atoms with Crippen LogP contribution in [0.1, 0.15) is 48.6 Å². The molecule has 0 saturated carbocycles. The van der Waals surface area contributed by atoms with Crippen LogP contribution >= 0.6 is 11.6 Å². The van der Waals surface area contributed by atoms with Crippen molar-refractivity contribution in [3.05, 3.63) is 58.4 Å². The van der Waals surface area contributed by atoms with E-state index in [1.165, 1.54) is 6.07 Å². The molecule has 3 rings (SSSR count). The van der Waals surface area contributed by atoms with Gasteiger partial charge >= 0.3 is 0 Å². The molecule has 1 aromatic carbocycles. The van der Waals surface area contributed by atoms with Crippen molar-refractivity contribution < 1.29 is 13.9 Å². The van der Waals surface area contributed by atoms with E-state index in [-0.39, 0.29) is 11.3 Å². The third-order valence-corrected chi connectivity index (χ3v) is 4.76. The Labute approximate surface area is 163 Å². The topological polar surface area (TPSA) is 68.0 Å². The number of benzene rings is 1. The number of halogens is 2. The Morgan fingerprint density at radius 3 is 2.85 bits per heavy atom. The van der Waals surface area contributed by atoms with Gasteiger partial charge in [0, 0.05) is 25.4 Å². The first-order valence-electron chi connectivity index (χ1n) is 9.04. The van der Waals surface area contributed by atoms with E-state index in [0.717, 1.165) is 31.4 Å². The van der Waals surface area contributed by atoms with Crippen molar-refractivity contribution in [2.24, 2.45) is 0 Å². The molecule has 5 nitrogen and oxygen atoms in total. The van der Waals surface area contributed by atoms with Crippen molar-refractivity contribution in [3.8, 4) is 6.07 Å². The monoisotopic (exact) mass is 389 g/mol. The lowest BCUT2D eigenvalue weighted by molar-refractivity contribution is -0.162. The first-order valence-corrected chi connectivity index (χ1v) is 9.41. The standard InChI is InChI=1S/C20H21ClFN3O2/c21-17-5-3-4-15(19(17)22)10-14-12-24-20(25-13-14)16(11-23)7-9-27-18-6-1-2-8-26-18/h3-5,12-13,16,18H,1-2,6-10H2. The minimum atomic E-state index is -0.453. The van der Waals surface area contributed by atoms with Gasteiger partial charge in [0.25, 0.3) is 0 Å². The quantitative estimate of drug-likeness (QED) is 0.702. The molecule has 0 spiro atoms. The normalized spacial score (nSPS) is 18.0. The molecule has 0 N–H and O–H groups in total. The van der Waals surface area contributed by atoms with Crippen molar-refractivity contribution in [2.45, 2.75) is 44.3 Å². The van der Waals surface area contributed by atoms with Crippen LogP contribution in [0, 0.1) is 17.1 Å². The molecule has 0 bridgehead atoms. The Kier molecular flexibility index (Phi) is 7.11. The van der Waals surface area contributed by atoms with Gasteiger partial charge in [0.15, 0.2) is 6.29 Å². The van der Waals surface area contributed by atoms with E-state index >= 15 is 0 Å². The molecule has 0 aliphatic carbocycles. The minimum absolute atomic E-state index is 0.0940. The van der Waals surface area contributed by atoms with Gasteiger partial charge in [-0.3, -0.25) is 0 Å². The van der Waals surface area contributed by atoms with Gasteiger partial charge < -0.3 is 9.47 Å². The highest BCUT2D eigenvalue weighted by atomic mass is 35.5. The molecular weight excluding hydrogens is 369 g/mol. The average molecular weight is 390 g/mol. The SMILES string of the molecule is N#CC(CCOC1CCCCO1)c1ncc(Cc2cccc(Cl)c2F)cn1. The minimum Gasteiger partial charge on any atom is -0.353 e. The van der Waals surface area contributed by atoms with Gasteiger partial charge in [-0.1, -0.05) is 23.7 Å². The van der Waals surface area contributed by atoms with E-state index in [2.05, 4.69) is 16.0 Å². The maximum Gasteiger partial charge on any atom is 0.157 e. The average Bonchev–Trinajstić information content (AvgIpc) is 2.70. The van der Waals surface area contributed by atoms with Crippen molar-refractivity contribution in [2.75, 3.05) is 13.2 Å². The number of aromatic nitrogens is 2. The fourth-order valence-electron chi connectivity index (χ4n) is 2.95. The van der Waals surface area contributed by atoms with Gasteiger partial charge in [0.05, 0.1) is 17.7 Å². The van der Waals surface area contributed by atoms with Crippen molar-refractivity contribution in [1.29, 1.82) is 5.26 Å². The van der Waals surface area contributed by atoms with Gasteiger partial charge in [-0.2, -0.15) is 5.26 Å². The van der Waals surface area contributed by atoms with Gasteiger partial charge in [0.1, 0.15) is 17.6 Å². The Balaban J connectivity index is 1.56. The Bertz CT molecular complexity index is 789. The second kappa shape index (κ2) is 9.75. The summed E-state index contributed by atoms with van der Waals surface area (Å²) in [6, 6.07) is 7.11. The number of hydrogen-bond acceptors (Lipinski definition) is 5. The van der Waals surface area contributed by atoms with Crippen LogP contribution in [-0.2, 0) is 15.9 Å². The summed E-state index contributed by atoms with van der Waals surface area (Å²) < 4.78 is 25.2. The first kappa shape index (κ1) is 19.7. The summed E-state index contributed by atoms with van der Waals surface area (Å²) in [7, 11) is 0. The zero-order chi connectivity index (χ0) is 19.1. The zero-order valence-corrected chi connectivity index (χ0v) is 15.7. The van der Waals surface area contributed by atoms with Crippen molar-refractivity contribution >= 4 is 11.6 Å². The number of nitrogens with zero attached hydrogens (tertiary/aromatic N) is 3. The van der Waals surface area contributed by atoms with Gasteiger partial charge in [-0.25, -0.2) is 14.4 Å². The molecule has 0 radical (unpaired) electrons. The lowest BCUT2D eigenvalue weighted by atomic mass is 10.1. The van der Waals surface area contributed by atoms with E-state index < -0.39 is 11.7 Å². The van der Waals surface area contributed by atoms with Crippen LogP contribution < -0.4 is 0 Å². The summed E-state index contributed by atoms with van der Waals surface area (Å²) in [5.41, 5.74) is 1.24. The summed E-state index contributed by atoms with van der Waals surface area (Å²) >= 11 is 5.81. The maximum absolute atomic E-state index is 14.0. The maximum atomic E-state index is 14.0. The lowest BCUT2D eigenvalue weighted by Crippen LogP contribution is -2.23. The van der Waals surface area contributed by atoms with Crippen molar-refractivity contribution in [3.63, 3.8) is 0 Å². The summed E-state index contributed by atoms with van der Waals surface area (Å²) in [6.07, 6.45) is 6.97. The summed E-state index contributed by atoms with van der Waals surface area (Å²) in [5.74, 6) is -0.438. The molecule has 142 valence electrons.